The molecule has 1 rings (SSSR count). The second kappa shape index (κ2) is 5.12. The van der Waals surface area contributed by atoms with E-state index in [1.54, 1.807) is 0 Å². The van der Waals surface area contributed by atoms with Crippen molar-refractivity contribution in [3.8, 4) is 0 Å². The maximum absolute atomic E-state index is 4.35. The number of rotatable bonds is 4. The first-order valence-electron chi connectivity index (χ1n) is 5.35. The molecule has 0 saturated heterocycles. The van der Waals surface area contributed by atoms with Gasteiger partial charge in [0.1, 0.15) is 5.82 Å². The highest BCUT2D eigenvalue weighted by molar-refractivity contribution is 5.35. The van der Waals surface area contributed by atoms with E-state index in [2.05, 4.69) is 42.5 Å². The lowest BCUT2D eigenvalue weighted by Crippen LogP contribution is -2.19. The van der Waals surface area contributed by atoms with Crippen molar-refractivity contribution in [2.75, 3.05) is 18.9 Å². The van der Waals surface area contributed by atoms with E-state index in [0.29, 0.717) is 0 Å². The molecule has 1 aromatic rings. The second-order valence-corrected chi connectivity index (χ2v) is 5.00. The van der Waals surface area contributed by atoms with Gasteiger partial charge in [0.25, 0.3) is 0 Å². The summed E-state index contributed by atoms with van der Waals surface area (Å²) in [6.07, 6.45) is 1.90. The molecule has 2 N–H and O–H groups in total. The highest BCUT2D eigenvalue weighted by Gasteiger charge is 2.09. The fraction of sp³-hybridized carbons (Fsp3) is 0.583. The summed E-state index contributed by atoms with van der Waals surface area (Å²) in [6.45, 7) is 8.41. The van der Waals surface area contributed by atoms with Crippen molar-refractivity contribution >= 4 is 5.82 Å². The predicted molar refractivity (Wildman–Crippen MR) is 64.9 cm³/mol. The summed E-state index contributed by atoms with van der Waals surface area (Å²) in [5.41, 5.74) is 1.49. The zero-order valence-electron chi connectivity index (χ0n) is 10.1. The molecule has 0 radical (unpaired) electrons. The molecule has 0 aliphatic rings. The molecule has 0 unspecified atom stereocenters. The van der Waals surface area contributed by atoms with Crippen molar-refractivity contribution in [3.63, 3.8) is 0 Å². The number of anilines is 1. The minimum absolute atomic E-state index is 0.283. The van der Waals surface area contributed by atoms with E-state index in [4.69, 9.17) is 0 Å². The molecule has 0 saturated carbocycles. The standard InChI is InChI=1S/C12H21N3/c1-12(2,3)9-15-11-6-5-10(7-13-4)8-14-11/h5-6,8,13H,7,9H2,1-4H3,(H,14,15). The van der Waals surface area contributed by atoms with Crippen LogP contribution in [0.25, 0.3) is 0 Å². The van der Waals surface area contributed by atoms with Crippen LogP contribution in [0.15, 0.2) is 18.3 Å². The monoisotopic (exact) mass is 207 g/mol. The quantitative estimate of drug-likeness (QED) is 0.795. The molecule has 0 atom stereocenters. The number of pyridine rings is 1. The number of hydrogen-bond acceptors (Lipinski definition) is 3. The lowest BCUT2D eigenvalue weighted by atomic mass is 9.97. The van der Waals surface area contributed by atoms with Crippen LogP contribution in [-0.4, -0.2) is 18.6 Å². The van der Waals surface area contributed by atoms with Crippen LogP contribution in [0.1, 0.15) is 26.3 Å². The van der Waals surface area contributed by atoms with E-state index >= 15 is 0 Å². The minimum atomic E-state index is 0.283. The molecule has 1 heterocycles. The van der Waals surface area contributed by atoms with Crippen LogP contribution in [0.3, 0.4) is 0 Å². The fourth-order valence-corrected chi connectivity index (χ4v) is 1.19. The zero-order valence-corrected chi connectivity index (χ0v) is 10.1. The maximum atomic E-state index is 4.35. The third-order valence-electron chi connectivity index (χ3n) is 2.01. The third kappa shape index (κ3) is 4.79. The van der Waals surface area contributed by atoms with E-state index in [1.807, 2.05) is 19.3 Å². The Morgan fingerprint density at radius 1 is 1.27 bits per heavy atom. The molecule has 0 spiro atoms. The zero-order chi connectivity index (χ0) is 11.3. The van der Waals surface area contributed by atoms with E-state index < -0.39 is 0 Å². The molecule has 0 amide bonds. The smallest absolute Gasteiger partial charge is 0.125 e. The molecule has 0 aliphatic carbocycles. The Morgan fingerprint density at radius 2 is 2.00 bits per heavy atom. The van der Waals surface area contributed by atoms with Crippen LogP contribution in [0, 0.1) is 5.41 Å². The van der Waals surface area contributed by atoms with Crippen LogP contribution >= 0.6 is 0 Å². The first-order chi connectivity index (χ1) is 7.01. The Balaban J connectivity index is 2.50. The van der Waals surface area contributed by atoms with E-state index in [1.165, 1.54) is 5.56 Å². The first-order valence-corrected chi connectivity index (χ1v) is 5.35. The van der Waals surface area contributed by atoms with Gasteiger partial charge in [0.2, 0.25) is 0 Å². The minimum Gasteiger partial charge on any atom is -0.370 e. The highest BCUT2D eigenvalue weighted by Crippen LogP contribution is 2.14. The average Bonchev–Trinajstić information content (AvgIpc) is 2.16. The van der Waals surface area contributed by atoms with Crippen molar-refractivity contribution in [2.45, 2.75) is 27.3 Å². The van der Waals surface area contributed by atoms with Gasteiger partial charge in [0.05, 0.1) is 0 Å². The van der Waals surface area contributed by atoms with Gasteiger partial charge < -0.3 is 10.6 Å². The second-order valence-electron chi connectivity index (χ2n) is 5.00. The normalized spacial score (nSPS) is 11.5. The molecule has 1 aromatic heterocycles. The average molecular weight is 207 g/mol. The van der Waals surface area contributed by atoms with Crippen LogP contribution in [0.4, 0.5) is 5.82 Å². The maximum Gasteiger partial charge on any atom is 0.125 e. The van der Waals surface area contributed by atoms with Gasteiger partial charge >= 0.3 is 0 Å². The Kier molecular flexibility index (Phi) is 4.09. The molecular formula is C12H21N3. The van der Waals surface area contributed by atoms with Gasteiger partial charge in [-0.25, -0.2) is 4.98 Å². The summed E-state index contributed by atoms with van der Waals surface area (Å²) < 4.78 is 0. The number of hydrogen-bond donors (Lipinski definition) is 2. The topological polar surface area (TPSA) is 37.0 Å². The lowest BCUT2D eigenvalue weighted by molar-refractivity contribution is 0.442. The number of nitrogens with zero attached hydrogens (tertiary/aromatic N) is 1. The van der Waals surface area contributed by atoms with Gasteiger partial charge in [-0.05, 0) is 24.1 Å². The van der Waals surface area contributed by atoms with Gasteiger partial charge in [-0.15, -0.1) is 0 Å². The molecule has 3 nitrogen and oxygen atoms in total. The van der Waals surface area contributed by atoms with E-state index in [9.17, 15) is 0 Å². The van der Waals surface area contributed by atoms with Crippen molar-refractivity contribution in [3.05, 3.63) is 23.9 Å². The van der Waals surface area contributed by atoms with Gasteiger partial charge in [-0.2, -0.15) is 0 Å². The van der Waals surface area contributed by atoms with Crippen LogP contribution in [0.2, 0.25) is 0 Å². The van der Waals surface area contributed by atoms with Crippen LogP contribution in [-0.2, 0) is 6.54 Å². The summed E-state index contributed by atoms with van der Waals surface area (Å²) in [4.78, 5) is 4.35. The summed E-state index contributed by atoms with van der Waals surface area (Å²) in [5.74, 6) is 0.949. The predicted octanol–water partition coefficient (Wildman–Crippen LogP) is 2.26. The lowest BCUT2D eigenvalue weighted by Gasteiger charge is -2.19. The number of nitrogens with one attached hydrogen (secondary N) is 2. The Bertz CT molecular complexity index is 285. The van der Waals surface area contributed by atoms with E-state index in [-0.39, 0.29) is 5.41 Å². The molecule has 0 aromatic carbocycles. The van der Waals surface area contributed by atoms with Crippen LogP contribution < -0.4 is 10.6 Å². The Labute approximate surface area is 92.3 Å². The molecule has 0 bridgehead atoms. The molecule has 3 heteroatoms. The summed E-state index contributed by atoms with van der Waals surface area (Å²) in [5, 5.41) is 6.42. The highest BCUT2D eigenvalue weighted by atomic mass is 15.0. The first kappa shape index (κ1) is 12.0. The SMILES string of the molecule is CNCc1ccc(NCC(C)(C)C)nc1. The van der Waals surface area contributed by atoms with Crippen molar-refractivity contribution in [2.24, 2.45) is 5.41 Å². The Morgan fingerprint density at radius 3 is 2.47 bits per heavy atom. The Hall–Kier alpha value is -1.09. The molecule has 0 fully saturated rings. The molecule has 0 aliphatic heterocycles. The van der Waals surface area contributed by atoms with Crippen molar-refractivity contribution in [1.29, 1.82) is 0 Å². The van der Waals surface area contributed by atoms with Crippen molar-refractivity contribution in [1.82, 2.24) is 10.3 Å². The largest absolute Gasteiger partial charge is 0.370 e. The van der Waals surface area contributed by atoms with E-state index in [0.717, 1.165) is 18.9 Å². The third-order valence-corrected chi connectivity index (χ3v) is 2.01. The fourth-order valence-electron chi connectivity index (χ4n) is 1.19. The van der Waals surface area contributed by atoms with Gasteiger partial charge in [0.15, 0.2) is 0 Å². The summed E-state index contributed by atoms with van der Waals surface area (Å²) in [7, 11) is 1.94. The van der Waals surface area contributed by atoms with Gasteiger partial charge in [-0.3, -0.25) is 0 Å². The van der Waals surface area contributed by atoms with Gasteiger partial charge in [0, 0.05) is 19.3 Å². The molecule has 84 valence electrons. The number of aromatic nitrogens is 1. The summed E-state index contributed by atoms with van der Waals surface area (Å²) in [6, 6.07) is 4.12. The van der Waals surface area contributed by atoms with Crippen LogP contribution in [0.5, 0.6) is 0 Å². The van der Waals surface area contributed by atoms with Crippen molar-refractivity contribution < 1.29 is 0 Å². The van der Waals surface area contributed by atoms with Gasteiger partial charge in [-0.1, -0.05) is 26.8 Å². The molecule has 15 heavy (non-hydrogen) atoms. The summed E-state index contributed by atoms with van der Waals surface area (Å²) >= 11 is 0. The molecular weight excluding hydrogens is 186 g/mol.